The molecule has 104 valence electrons. The molecular weight excluding hydrogens is 279 g/mol. The Morgan fingerprint density at radius 3 is 2.53 bits per heavy atom. The number of nitrogens with two attached hydrogens (primary N) is 1. The molecule has 0 radical (unpaired) electrons. The number of hydrogen-bond acceptors (Lipinski definition) is 4. The third-order valence-corrected chi connectivity index (χ3v) is 3.58. The molecule has 1 aromatic rings. The fourth-order valence-corrected chi connectivity index (χ4v) is 2.49. The third-order valence-electron chi connectivity index (χ3n) is 2.11. The van der Waals surface area contributed by atoms with Crippen LogP contribution in [0.25, 0.3) is 0 Å². The van der Waals surface area contributed by atoms with E-state index in [0.29, 0.717) is 0 Å². The summed E-state index contributed by atoms with van der Waals surface area (Å²) >= 11 is 0. The van der Waals surface area contributed by atoms with Crippen LogP contribution in [0.2, 0.25) is 0 Å². The molecule has 0 saturated carbocycles. The molecule has 0 aliphatic carbocycles. The summed E-state index contributed by atoms with van der Waals surface area (Å²) in [5, 5.41) is 8.78. The van der Waals surface area contributed by atoms with Gasteiger partial charge in [-0.3, -0.25) is 9.59 Å². The Labute approximate surface area is 108 Å². The van der Waals surface area contributed by atoms with Gasteiger partial charge in [-0.2, -0.15) is 4.72 Å². The minimum atomic E-state index is -4.25. The van der Waals surface area contributed by atoms with E-state index in [-0.39, 0.29) is 0 Å². The molecule has 1 amide bonds. The Bertz CT molecular complexity index is 602. The van der Waals surface area contributed by atoms with E-state index in [1.54, 1.807) is 4.72 Å². The van der Waals surface area contributed by atoms with Crippen LogP contribution in [-0.2, 0) is 19.6 Å². The highest BCUT2D eigenvalue weighted by Gasteiger charge is 2.27. The first kappa shape index (κ1) is 15.1. The lowest BCUT2D eigenvalue weighted by atomic mass is 10.2. The Hall–Kier alpha value is -2.00. The number of sulfonamides is 1. The summed E-state index contributed by atoms with van der Waals surface area (Å²) in [4.78, 5) is 21.0. The van der Waals surface area contributed by atoms with Crippen LogP contribution in [0.1, 0.15) is 6.42 Å². The number of carbonyl (C=O) groups excluding carboxylic acids is 1. The van der Waals surface area contributed by atoms with E-state index in [2.05, 4.69) is 0 Å². The van der Waals surface area contributed by atoms with Crippen molar-refractivity contribution in [2.45, 2.75) is 17.4 Å². The van der Waals surface area contributed by atoms with Crippen LogP contribution in [0.15, 0.2) is 29.2 Å². The van der Waals surface area contributed by atoms with Gasteiger partial charge in [-0.1, -0.05) is 6.07 Å². The number of halogens is 1. The molecular formula is C10H11FN2O5S. The number of aliphatic carboxylic acids is 1. The van der Waals surface area contributed by atoms with E-state index in [1.165, 1.54) is 0 Å². The Balaban J connectivity index is 3.00. The SMILES string of the molecule is NC(=O)CC(NS(=O)(=O)c1cccc(F)c1)C(=O)O. The van der Waals surface area contributed by atoms with Gasteiger partial charge < -0.3 is 10.8 Å². The van der Waals surface area contributed by atoms with Gasteiger partial charge in [0.1, 0.15) is 11.9 Å². The normalized spacial score (nSPS) is 12.9. The van der Waals surface area contributed by atoms with Crippen molar-refractivity contribution in [3.05, 3.63) is 30.1 Å². The molecule has 1 atom stereocenters. The molecule has 1 aromatic carbocycles. The first-order valence-corrected chi connectivity index (χ1v) is 6.49. The van der Waals surface area contributed by atoms with Gasteiger partial charge >= 0.3 is 5.97 Å². The number of primary amides is 1. The molecule has 0 fully saturated rings. The van der Waals surface area contributed by atoms with E-state index in [1.807, 2.05) is 0 Å². The zero-order chi connectivity index (χ0) is 14.6. The number of carbonyl (C=O) groups is 2. The van der Waals surface area contributed by atoms with E-state index >= 15 is 0 Å². The van der Waals surface area contributed by atoms with Crippen LogP contribution < -0.4 is 10.5 Å². The first-order valence-electron chi connectivity index (χ1n) is 5.01. The standard InChI is InChI=1S/C10H11FN2O5S/c11-6-2-1-3-7(4-6)19(17,18)13-8(10(15)16)5-9(12)14/h1-4,8,13H,5H2,(H2,12,14)(H,15,16). The van der Waals surface area contributed by atoms with Crippen LogP contribution in [0, 0.1) is 5.82 Å². The van der Waals surface area contributed by atoms with Gasteiger partial charge in [0, 0.05) is 0 Å². The second-order valence-electron chi connectivity index (χ2n) is 3.64. The lowest BCUT2D eigenvalue weighted by Gasteiger charge is -2.13. The topological polar surface area (TPSA) is 127 Å². The predicted molar refractivity (Wildman–Crippen MR) is 62.0 cm³/mol. The monoisotopic (exact) mass is 290 g/mol. The minimum Gasteiger partial charge on any atom is -0.480 e. The van der Waals surface area contributed by atoms with Gasteiger partial charge in [0.05, 0.1) is 11.3 Å². The Kier molecular flexibility index (Phi) is 4.57. The highest BCUT2D eigenvalue weighted by atomic mass is 32.2. The van der Waals surface area contributed by atoms with Crippen LogP contribution in [0.3, 0.4) is 0 Å². The van der Waals surface area contributed by atoms with Crippen LogP contribution in [0.4, 0.5) is 4.39 Å². The molecule has 0 aliphatic rings. The van der Waals surface area contributed by atoms with Crippen molar-refractivity contribution in [2.75, 3.05) is 0 Å². The van der Waals surface area contributed by atoms with Crippen molar-refractivity contribution in [3.8, 4) is 0 Å². The van der Waals surface area contributed by atoms with Gasteiger partial charge in [0.25, 0.3) is 0 Å². The number of benzene rings is 1. The number of rotatable bonds is 6. The van der Waals surface area contributed by atoms with Crippen molar-refractivity contribution in [1.82, 2.24) is 4.72 Å². The van der Waals surface area contributed by atoms with E-state index in [4.69, 9.17) is 10.8 Å². The van der Waals surface area contributed by atoms with Crippen molar-refractivity contribution in [1.29, 1.82) is 0 Å². The summed E-state index contributed by atoms with van der Waals surface area (Å²) in [6.07, 6.45) is -0.704. The second kappa shape index (κ2) is 5.76. The fourth-order valence-electron chi connectivity index (χ4n) is 1.27. The van der Waals surface area contributed by atoms with Crippen molar-refractivity contribution >= 4 is 21.9 Å². The number of nitrogens with one attached hydrogen (secondary N) is 1. The number of carboxylic acid groups (broad SMARTS) is 1. The molecule has 4 N–H and O–H groups in total. The molecule has 0 aromatic heterocycles. The quantitative estimate of drug-likeness (QED) is 0.647. The Morgan fingerprint density at radius 1 is 1.42 bits per heavy atom. The van der Waals surface area contributed by atoms with Gasteiger partial charge in [0.15, 0.2) is 0 Å². The molecule has 9 heteroatoms. The molecule has 19 heavy (non-hydrogen) atoms. The first-order chi connectivity index (χ1) is 8.72. The highest BCUT2D eigenvalue weighted by molar-refractivity contribution is 7.89. The van der Waals surface area contributed by atoms with Gasteiger partial charge in [-0.05, 0) is 18.2 Å². The van der Waals surface area contributed by atoms with E-state index in [9.17, 15) is 22.4 Å². The lowest BCUT2D eigenvalue weighted by molar-refractivity contribution is -0.140. The lowest BCUT2D eigenvalue weighted by Crippen LogP contribution is -2.43. The fraction of sp³-hybridized carbons (Fsp3) is 0.200. The molecule has 1 unspecified atom stereocenters. The maximum atomic E-state index is 12.9. The number of amides is 1. The Morgan fingerprint density at radius 2 is 2.05 bits per heavy atom. The van der Waals surface area contributed by atoms with E-state index in [0.717, 1.165) is 24.3 Å². The smallest absolute Gasteiger partial charge is 0.322 e. The van der Waals surface area contributed by atoms with Crippen molar-refractivity contribution in [2.24, 2.45) is 5.73 Å². The minimum absolute atomic E-state index is 0.441. The molecule has 0 bridgehead atoms. The second-order valence-corrected chi connectivity index (χ2v) is 5.35. The molecule has 7 nitrogen and oxygen atoms in total. The molecule has 0 spiro atoms. The molecule has 0 heterocycles. The van der Waals surface area contributed by atoms with Crippen LogP contribution in [0.5, 0.6) is 0 Å². The third kappa shape index (κ3) is 4.30. The number of carboxylic acids is 1. The van der Waals surface area contributed by atoms with Crippen LogP contribution in [-0.4, -0.2) is 31.4 Å². The molecule has 0 aliphatic heterocycles. The summed E-state index contributed by atoms with van der Waals surface area (Å²) in [7, 11) is -4.25. The van der Waals surface area contributed by atoms with E-state index < -0.39 is 45.1 Å². The van der Waals surface area contributed by atoms with Crippen molar-refractivity contribution in [3.63, 3.8) is 0 Å². The summed E-state index contributed by atoms with van der Waals surface area (Å²) in [6.45, 7) is 0. The average Bonchev–Trinajstić information content (AvgIpc) is 2.27. The van der Waals surface area contributed by atoms with Gasteiger partial charge in [-0.25, -0.2) is 12.8 Å². The summed E-state index contributed by atoms with van der Waals surface area (Å²) in [6, 6.07) is 2.32. The summed E-state index contributed by atoms with van der Waals surface area (Å²) in [5.41, 5.74) is 4.82. The van der Waals surface area contributed by atoms with Crippen molar-refractivity contribution < 1.29 is 27.5 Å². The largest absolute Gasteiger partial charge is 0.480 e. The number of hydrogen-bond donors (Lipinski definition) is 3. The molecule has 1 rings (SSSR count). The highest BCUT2D eigenvalue weighted by Crippen LogP contribution is 2.11. The zero-order valence-electron chi connectivity index (χ0n) is 9.54. The zero-order valence-corrected chi connectivity index (χ0v) is 10.4. The maximum Gasteiger partial charge on any atom is 0.322 e. The van der Waals surface area contributed by atoms with Gasteiger partial charge in [-0.15, -0.1) is 0 Å². The molecule has 0 saturated heterocycles. The van der Waals surface area contributed by atoms with Crippen LogP contribution >= 0.6 is 0 Å². The average molecular weight is 290 g/mol. The summed E-state index contributed by atoms with van der Waals surface area (Å²) in [5.74, 6) is -3.32. The van der Waals surface area contributed by atoms with Gasteiger partial charge in [0.2, 0.25) is 15.9 Å². The maximum absolute atomic E-state index is 12.9. The summed E-state index contributed by atoms with van der Waals surface area (Å²) < 4.78 is 38.3. The predicted octanol–water partition coefficient (Wildman–Crippen LogP) is -0.567.